The molecule has 2 aromatic carbocycles. The van der Waals surface area contributed by atoms with E-state index in [1.807, 2.05) is 12.1 Å². The van der Waals surface area contributed by atoms with Crippen molar-refractivity contribution in [2.45, 2.75) is 0 Å². The molecule has 0 saturated heterocycles. The number of nitrogens with two attached hydrogens (primary N) is 1. The van der Waals surface area contributed by atoms with E-state index < -0.39 is 5.56 Å². The van der Waals surface area contributed by atoms with Crippen LogP contribution in [0.5, 0.6) is 0 Å². The molecule has 0 aliphatic heterocycles. The molecule has 0 atom stereocenters. The molecule has 3 rings (SSSR count). The van der Waals surface area contributed by atoms with Crippen LogP contribution in [0.2, 0.25) is 5.02 Å². The van der Waals surface area contributed by atoms with E-state index in [9.17, 15) is 4.79 Å². The molecule has 3 aromatic rings. The molecular formula is C18H12ClN3O. The average molecular weight is 322 g/mol. The van der Waals surface area contributed by atoms with E-state index in [-0.39, 0.29) is 5.69 Å². The summed E-state index contributed by atoms with van der Waals surface area (Å²) in [5, 5.41) is 0.599. The quantitative estimate of drug-likeness (QED) is 0.539. The normalized spacial score (nSPS) is 10.3. The number of benzene rings is 2. The van der Waals surface area contributed by atoms with Gasteiger partial charge in [0, 0.05) is 16.4 Å². The second-order valence-corrected chi connectivity index (χ2v) is 5.45. The van der Waals surface area contributed by atoms with E-state index in [1.165, 1.54) is 0 Å². The third kappa shape index (κ3) is 2.96. The molecule has 0 radical (unpaired) electrons. The van der Waals surface area contributed by atoms with E-state index in [0.29, 0.717) is 22.0 Å². The number of aromatic nitrogens is 1. The molecule has 0 amide bonds. The Morgan fingerprint density at radius 3 is 2.22 bits per heavy atom. The first kappa shape index (κ1) is 14.9. The van der Waals surface area contributed by atoms with Crippen LogP contribution in [0.15, 0.2) is 59.4 Å². The first-order chi connectivity index (χ1) is 11.1. The SMILES string of the molecule is [C-]#[N+]c1c(-c2ccc(Cl)cc2)cc(-c2ccc(N)cc2)[nH]c1=O. The lowest BCUT2D eigenvalue weighted by molar-refractivity contribution is 1.25. The van der Waals surface area contributed by atoms with Crippen molar-refractivity contribution in [2.75, 3.05) is 5.73 Å². The Balaban J connectivity index is 2.22. The second kappa shape index (κ2) is 5.99. The highest BCUT2D eigenvalue weighted by Gasteiger charge is 2.12. The molecule has 0 aliphatic carbocycles. The van der Waals surface area contributed by atoms with Gasteiger partial charge < -0.3 is 10.7 Å². The van der Waals surface area contributed by atoms with Gasteiger partial charge in [0.25, 0.3) is 11.2 Å². The van der Waals surface area contributed by atoms with Crippen LogP contribution in [0.4, 0.5) is 11.4 Å². The Morgan fingerprint density at radius 1 is 1.00 bits per heavy atom. The summed E-state index contributed by atoms with van der Waals surface area (Å²) in [7, 11) is 0. The topological polar surface area (TPSA) is 63.2 Å². The minimum atomic E-state index is -0.417. The molecular weight excluding hydrogens is 310 g/mol. The summed E-state index contributed by atoms with van der Waals surface area (Å²) in [6.07, 6.45) is 0. The molecule has 112 valence electrons. The van der Waals surface area contributed by atoms with Crippen molar-refractivity contribution in [3.8, 4) is 22.4 Å². The summed E-state index contributed by atoms with van der Waals surface area (Å²) >= 11 is 5.91. The van der Waals surface area contributed by atoms with Gasteiger partial charge in [-0.2, -0.15) is 0 Å². The van der Waals surface area contributed by atoms with Gasteiger partial charge in [-0.1, -0.05) is 35.9 Å². The Labute approximate surface area is 138 Å². The predicted octanol–water partition coefficient (Wildman–Crippen LogP) is 4.50. The van der Waals surface area contributed by atoms with E-state index in [4.69, 9.17) is 23.9 Å². The zero-order valence-electron chi connectivity index (χ0n) is 12.0. The molecule has 0 aliphatic rings. The van der Waals surface area contributed by atoms with Crippen LogP contribution in [-0.4, -0.2) is 4.98 Å². The first-order valence-electron chi connectivity index (χ1n) is 6.85. The largest absolute Gasteiger partial charge is 0.399 e. The molecule has 0 spiro atoms. The van der Waals surface area contributed by atoms with E-state index >= 15 is 0 Å². The predicted molar refractivity (Wildman–Crippen MR) is 93.6 cm³/mol. The Morgan fingerprint density at radius 2 is 1.61 bits per heavy atom. The molecule has 1 heterocycles. The highest BCUT2D eigenvalue weighted by atomic mass is 35.5. The number of nitrogens with one attached hydrogen (secondary N) is 1. The summed E-state index contributed by atoms with van der Waals surface area (Å²) in [4.78, 5) is 18.4. The van der Waals surface area contributed by atoms with Gasteiger partial charge in [-0.05, 0) is 47.0 Å². The van der Waals surface area contributed by atoms with E-state index in [2.05, 4.69) is 9.83 Å². The lowest BCUT2D eigenvalue weighted by atomic mass is 10.0. The average Bonchev–Trinajstić information content (AvgIpc) is 2.55. The van der Waals surface area contributed by atoms with Crippen molar-refractivity contribution >= 4 is 23.0 Å². The Kier molecular flexibility index (Phi) is 3.88. The molecule has 23 heavy (non-hydrogen) atoms. The number of H-pyrrole nitrogens is 1. The first-order valence-corrected chi connectivity index (χ1v) is 7.23. The van der Waals surface area contributed by atoms with Gasteiger partial charge in [0.1, 0.15) is 0 Å². The fourth-order valence-electron chi connectivity index (χ4n) is 2.33. The summed E-state index contributed by atoms with van der Waals surface area (Å²) in [6.45, 7) is 7.28. The third-order valence-electron chi connectivity index (χ3n) is 3.50. The number of nitrogen functional groups attached to an aromatic ring is 1. The maximum absolute atomic E-state index is 12.3. The molecule has 4 nitrogen and oxygen atoms in total. The minimum absolute atomic E-state index is 0.0616. The van der Waals surface area contributed by atoms with Crippen LogP contribution >= 0.6 is 11.6 Å². The molecule has 0 fully saturated rings. The number of aromatic amines is 1. The molecule has 3 N–H and O–H groups in total. The zero-order valence-corrected chi connectivity index (χ0v) is 12.8. The van der Waals surface area contributed by atoms with Crippen LogP contribution in [0.3, 0.4) is 0 Å². The van der Waals surface area contributed by atoms with Crippen molar-refractivity contribution < 1.29 is 0 Å². The van der Waals surface area contributed by atoms with Crippen molar-refractivity contribution in [3.05, 3.63) is 81.4 Å². The molecule has 0 unspecified atom stereocenters. The Hall–Kier alpha value is -3.03. The summed E-state index contributed by atoms with van der Waals surface area (Å²) < 4.78 is 0. The third-order valence-corrected chi connectivity index (χ3v) is 3.75. The van der Waals surface area contributed by atoms with Gasteiger partial charge in [-0.15, -0.1) is 0 Å². The van der Waals surface area contributed by atoms with Crippen LogP contribution in [0, 0.1) is 6.57 Å². The Bertz CT molecular complexity index is 952. The number of halogens is 1. The van der Waals surface area contributed by atoms with Gasteiger partial charge in [-0.25, -0.2) is 4.85 Å². The number of anilines is 1. The number of pyridine rings is 1. The highest BCUT2D eigenvalue weighted by Crippen LogP contribution is 2.31. The van der Waals surface area contributed by atoms with Crippen LogP contribution in [-0.2, 0) is 0 Å². The maximum Gasteiger partial charge on any atom is 0.258 e. The standard InChI is InChI=1S/C18H12ClN3O/c1-21-17-15(11-2-6-13(19)7-3-11)10-16(22-18(17)23)12-4-8-14(20)9-5-12/h2-10H,20H2,(H,22,23). The molecule has 1 aromatic heterocycles. The smallest absolute Gasteiger partial charge is 0.258 e. The van der Waals surface area contributed by atoms with E-state index in [0.717, 1.165) is 11.1 Å². The summed E-state index contributed by atoms with van der Waals surface area (Å²) in [6, 6.07) is 16.0. The lowest BCUT2D eigenvalue weighted by Crippen LogP contribution is -2.07. The van der Waals surface area contributed by atoms with Gasteiger partial charge in [0.05, 0.1) is 6.57 Å². The zero-order chi connectivity index (χ0) is 16.4. The number of hydrogen-bond donors (Lipinski definition) is 2. The molecule has 5 heteroatoms. The molecule has 0 saturated carbocycles. The van der Waals surface area contributed by atoms with E-state index in [1.54, 1.807) is 42.5 Å². The van der Waals surface area contributed by atoms with Crippen LogP contribution < -0.4 is 11.3 Å². The monoisotopic (exact) mass is 321 g/mol. The number of rotatable bonds is 2. The second-order valence-electron chi connectivity index (χ2n) is 5.02. The molecule has 0 bridgehead atoms. The van der Waals surface area contributed by atoms with Gasteiger partial charge in [-0.3, -0.25) is 4.79 Å². The fourth-order valence-corrected chi connectivity index (χ4v) is 2.46. The lowest BCUT2D eigenvalue weighted by Gasteiger charge is -2.09. The summed E-state index contributed by atoms with van der Waals surface area (Å²) in [5.41, 5.74) is 8.78. The minimum Gasteiger partial charge on any atom is -0.399 e. The number of nitrogens with zero attached hydrogens (tertiary/aromatic N) is 1. The van der Waals surface area contributed by atoms with Crippen molar-refractivity contribution in [3.63, 3.8) is 0 Å². The van der Waals surface area contributed by atoms with Crippen molar-refractivity contribution in [1.29, 1.82) is 0 Å². The van der Waals surface area contributed by atoms with Gasteiger partial charge >= 0.3 is 0 Å². The van der Waals surface area contributed by atoms with Crippen molar-refractivity contribution in [2.24, 2.45) is 0 Å². The van der Waals surface area contributed by atoms with Crippen molar-refractivity contribution in [1.82, 2.24) is 4.98 Å². The maximum atomic E-state index is 12.3. The fraction of sp³-hybridized carbons (Fsp3) is 0. The van der Waals surface area contributed by atoms with Gasteiger partial charge in [0.15, 0.2) is 0 Å². The highest BCUT2D eigenvalue weighted by molar-refractivity contribution is 6.30. The van der Waals surface area contributed by atoms with Gasteiger partial charge in [0.2, 0.25) is 0 Å². The van der Waals surface area contributed by atoms with Crippen LogP contribution in [0.1, 0.15) is 0 Å². The number of hydrogen-bond acceptors (Lipinski definition) is 2. The summed E-state index contributed by atoms with van der Waals surface area (Å²) in [5.74, 6) is 0. The van der Waals surface area contributed by atoms with Crippen LogP contribution in [0.25, 0.3) is 27.2 Å².